The van der Waals surface area contributed by atoms with Gasteiger partial charge in [-0.15, -0.1) is 0 Å². The third-order valence-corrected chi connectivity index (χ3v) is 3.55. The van der Waals surface area contributed by atoms with E-state index in [1.165, 1.54) is 13.3 Å². The second-order valence-corrected chi connectivity index (χ2v) is 5.42. The minimum absolute atomic E-state index is 0.0150. The molecule has 0 unspecified atom stereocenters. The Labute approximate surface area is 149 Å². The van der Waals surface area contributed by atoms with E-state index < -0.39 is 0 Å². The van der Waals surface area contributed by atoms with Crippen molar-refractivity contribution >= 4 is 23.6 Å². The van der Waals surface area contributed by atoms with E-state index in [0.717, 1.165) is 5.56 Å². The van der Waals surface area contributed by atoms with Crippen LogP contribution in [0.4, 0.5) is 5.82 Å². The number of hydrogen-bond acceptors (Lipinski definition) is 6. The molecule has 2 N–H and O–H groups in total. The average molecular weight is 355 g/mol. The van der Waals surface area contributed by atoms with Crippen LogP contribution in [-0.2, 0) is 0 Å². The van der Waals surface area contributed by atoms with Crippen LogP contribution < -0.4 is 10.2 Å². The number of nitrogens with zero attached hydrogens (tertiary/aromatic N) is 3. The fourth-order valence-electron chi connectivity index (χ4n) is 2.17. The first-order chi connectivity index (χ1) is 12.2. The molecular weight excluding hydrogens is 340 g/mol. The first kappa shape index (κ1) is 16.7. The lowest BCUT2D eigenvalue weighted by Crippen LogP contribution is -1.98. The van der Waals surface area contributed by atoms with Crippen molar-refractivity contribution in [3.8, 4) is 22.9 Å². The van der Waals surface area contributed by atoms with Crippen LogP contribution in [0.2, 0.25) is 5.15 Å². The van der Waals surface area contributed by atoms with Crippen LogP contribution in [0.25, 0.3) is 11.4 Å². The number of aromatic hydroxyl groups is 1. The molecule has 6 nitrogen and oxygen atoms in total. The molecule has 0 amide bonds. The largest absolute Gasteiger partial charge is 0.504 e. The Bertz CT molecular complexity index is 901. The van der Waals surface area contributed by atoms with Gasteiger partial charge in [0.1, 0.15) is 5.15 Å². The number of anilines is 1. The zero-order valence-corrected chi connectivity index (χ0v) is 14.1. The number of para-hydroxylation sites is 1. The van der Waals surface area contributed by atoms with Gasteiger partial charge < -0.3 is 9.84 Å². The first-order valence-corrected chi connectivity index (χ1v) is 7.80. The van der Waals surface area contributed by atoms with Crippen molar-refractivity contribution in [2.45, 2.75) is 0 Å². The Morgan fingerprint density at radius 1 is 1.12 bits per heavy atom. The summed E-state index contributed by atoms with van der Waals surface area (Å²) in [6, 6.07) is 16.2. The maximum atomic E-state index is 10.0. The van der Waals surface area contributed by atoms with E-state index in [4.69, 9.17) is 16.3 Å². The van der Waals surface area contributed by atoms with Gasteiger partial charge in [0.2, 0.25) is 0 Å². The van der Waals surface area contributed by atoms with E-state index in [0.29, 0.717) is 28.1 Å². The van der Waals surface area contributed by atoms with Crippen LogP contribution in [0.15, 0.2) is 59.7 Å². The molecule has 0 aliphatic carbocycles. The summed E-state index contributed by atoms with van der Waals surface area (Å²) < 4.78 is 5.06. The van der Waals surface area contributed by atoms with Crippen LogP contribution >= 0.6 is 11.6 Å². The molecule has 0 saturated heterocycles. The Kier molecular flexibility index (Phi) is 5.11. The van der Waals surface area contributed by atoms with Crippen molar-refractivity contribution in [3.63, 3.8) is 0 Å². The van der Waals surface area contributed by atoms with E-state index in [9.17, 15) is 5.11 Å². The normalized spacial score (nSPS) is 10.8. The predicted octanol–water partition coefficient (Wildman–Crippen LogP) is 3.96. The van der Waals surface area contributed by atoms with E-state index in [-0.39, 0.29) is 5.75 Å². The van der Waals surface area contributed by atoms with E-state index in [1.807, 2.05) is 30.3 Å². The number of benzene rings is 2. The summed E-state index contributed by atoms with van der Waals surface area (Å²) in [5, 5.41) is 14.4. The highest BCUT2D eigenvalue weighted by Gasteiger charge is 2.06. The van der Waals surface area contributed by atoms with Gasteiger partial charge >= 0.3 is 0 Å². The second-order valence-electron chi connectivity index (χ2n) is 5.03. The molecule has 0 spiro atoms. The summed E-state index contributed by atoms with van der Waals surface area (Å²) >= 11 is 6.06. The van der Waals surface area contributed by atoms with Gasteiger partial charge in [0.05, 0.1) is 13.3 Å². The van der Waals surface area contributed by atoms with Crippen LogP contribution in [-0.4, -0.2) is 28.4 Å². The third kappa shape index (κ3) is 4.05. The summed E-state index contributed by atoms with van der Waals surface area (Å²) in [5.41, 5.74) is 4.15. The molecule has 1 heterocycles. The van der Waals surface area contributed by atoms with Gasteiger partial charge in [0.15, 0.2) is 23.1 Å². The van der Waals surface area contributed by atoms with Crippen LogP contribution in [0.1, 0.15) is 5.56 Å². The van der Waals surface area contributed by atoms with Gasteiger partial charge in [0.25, 0.3) is 0 Å². The summed E-state index contributed by atoms with van der Waals surface area (Å²) in [4.78, 5) is 8.60. The number of hydrazone groups is 1. The molecule has 0 atom stereocenters. The van der Waals surface area contributed by atoms with Gasteiger partial charge in [-0.25, -0.2) is 9.97 Å². The molecule has 0 bridgehead atoms. The molecule has 25 heavy (non-hydrogen) atoms. The number of hydrogen-bond donors (Lipinski definition) is 2. The number of aromatic nitrogens is 2. The zero-order valence-electron chi connectivity index (χ0n) is 13.3. The molecule has 3 aromatic rings. The van der Waals surface area contributed by atoms with Gasteiger partial charge in [-0.2, -0.15) is 5.10 Å². The summed E-state index contributed by atoms with van der Waals surface area (Å²) in [6.45, 7) is 0. The second kappa shape index (κ2) is 7.63. The zero-order chi connectivity index (χ0) is 17.6. The highest BCUT2D eigenvalue weighted by Crippen LogP contribution is 2.28. The Balaban J connectivity index is 1.81. The lowest BCUT2D eigenvalue weighted by atomic mass is 10.2. The lowest BCUT2D eigenvalue weighted by Gasteiger charge is -2.06. The van der Waals surface area contributed by atoms with Crippen molar-refractivity contribution < 1.29 is 9.84 Å². The van der Waals surface area contributed by atoms with Crippen molar-refractivity contribution in [3.05, 3.63) is 65.3 Å². The Morgan fingerprint density at radius 2 is 1.92 bits per heavy atom. The highest BCUT2D eigenvalue weighted by atomic mass is 35.5. The number of phenolic OH excluding ortho intramolecular Hbond substituents is 1. The van der Waals surface area contributed by atoms with Crippen LogP contribution in [0, 0.1) is 0 Å². The smallest absolute Gasteiger partial charge is 0.166 e. The number of nitrogens with one attached hydrogen (secondary N) is 1. The lowest BCUT2D eigenvalue weighted by molar-refractivity contribution is 0.373. The first-order valence-electron chi connectivity index (χ1n) is 7.42. The van der Waals surface area contributed by atoms with E-state index >= 15 is 0 Å². The molecule has 1 aromatic heterocycles. The molecule has 0 radical (unpaired) electrons. The monoisotopic (exact) mass is 354 g/mol. The third-order valence-electron chi connectivity index (χ3n) is 3.36. The van der Waals surface area contributed by atoms with Crippen LogP contribution in [0.3, 0.4) is 0 Å². The van der Waals surface area contributed by atoms with Gasteiger partial charge in [-0.1, -0.05) is 48.0 Å². The maximum Gasteiger partial charge on any atom is 0.166 e. The predicted molar refractivity (Wildman–Crippen MR) is 98.4 cm³/mol. The average Bonchev–Trinajstić information content (AvgIpc) is 2.63. The minimum Gasteiger partial charge on any atom is -0.504 e. The number of methoxy groups -OCH3 is 1. The number of halogens is 1. The van der Waals surface area contributed by atoms with Gasteiger partial charge in [-0.3, -0.25) is 5.43 Å². The molecule has 0 aliphatic heterocycles. The Hall–Kier alpha value is -3.12. The molecule has 3 rings (SSSR count). The minimum atomic E-state index is 0.0150. The summed E-state index contributed by atoms with van der Waals surface area (Å²) in [7, 11) is 1.49. The summed E-state index contributed by atoms with van der Waals surface area (Å²) in [6.07, 6.45) is 1.47. The number of phenols is 1. The van der Waals surface area contributed by atoms with Crippen molar-refractivity contribution in [1.82, 2.24) is 9.97 Å². The van der Waals surface area contributed by atoms with E-state index in [2.05, 4.69) is 20.5 Å². The standard InChI is InChI=1S/C18H15ClN4O2/c1-25-14-9-5-8-13(17(14)24)11-20-23-16-10-15(19)21-18(22-16)12-6-3-2-4-7-12/h2-11,24H,1H3,(H,21,22,23). The van der Waals surface area contributed by atoms with Crippen LogP contribution in [0.5, 0.6) is 11.5 Å². The fourth-order valence-corrected chi connectivity index (χ4v) is 2.35. The van der Waals surface area contributed by atoms with Crippen molar-refractivity contribution in [1.29, 1.82) is 0 Å². The Morgan fingerprint density at radius 3 is 2.68 bits per heavy atom. The molecular formula is C18H15ClN4O2. The molecule has 7 heteroatoms. The quantitative estimate of drug-likeness (QED) is 0.412. The number of ether oxygens (including phenoxy) is 1. The van der Waals surface area contributed by atoms with E-state index in [1.54, 1.807) is 24.3 Å². The molecule has 2 aromatic carbocycles. The summed E-state index contributed by atoms with van der Waals surface area (Å²) in [5.74, 6) is 1.33. The number of rotatable bonds is 5. The molecule has 0 fully saturated rings. The van der Waals surface area contributed by atoms with Gasteiger partial charge in [0, 0.05) is 17.2 Å². The molecule has 126 valence electrons. The van der Waals surface area contributed by atoms with Crippen molar-refractivity contribution in [2.75, 3.05) is 12.5 Å². The topological polar surface area (TPSA) is 79.6 Å². The SMILES string of the molecule is COc1cccc(C=NNc2cc(Cl)nc(-c3ccccc3)n2)c1O. The van der Waals surface area contributed by atoms with Gasteiger partial charge in [-0.05, 0) is 12.1 Å². The van der Waals surface area contributed by atoms with Crippen molar-refractivity contribution in [2.24, 2.45) is 5.10 Å². The molecule has 0 saturated carbocycles. The molecule has 0 aliphatic rings. The maximum absolute atomic E-state index is 10.0. The fraction of sp³-hybridized carbons (Fsp3) is 0.0556. The highest BCUT2D eigenvalue weighted by molar-refractivity contribution is 6.29.